The van der Waals surface area contributed by atoms with E-state index in [2.05, 4.69) is 6.92 Å². The smallest absolute Gasteiger partial charge is 0.182 e. The number of ketones is 1. The summed E-state index contributed by atoms with van der Waals surface area (Å²) in [4.78, 5) is 14.1. The van der Waals surface area contributed by atoms with Crippen LogP contribution in [0, 0.1) is 5.82 Å². The minimum absolute atomic E-state index is 0.00255. The standard InChI is InChI=1S/C18H20FNO/c1-3-14-9-11-15(12-10-14)18(21)13-20(4-2)17-8-6-5-7-16(17)19/h5-12H,3-4,13H2,1-2H3. The molecule has 0 unspecified atom stereocenters. The predicted octanol–water partition coefficient (Wildman–Crippen LogP) is 4.10. The molecule has 0 fully saturated rings. The number of hydrogen-bond acceptors (Lipinski definition) is 2. The number of Topliss-reactive ketones (excluding diaryl/α,β-unsaturated/α-hetero) is 1. The van der Waals surface area contributed by atoms with Gasteiger partial charge in [-0.15, -0.1) is 0 Å². The molecule has 21 heavy (non-hydrogen) atoms. The molecule has 0 spiro atoms. The van der Waals surface area contributed by atoms with E-state index in [-0.39, 0.29) is 18.1 Å². The lowest BCUT2D eigenvalue weighted by atomic mass is 10.1. The molecule has 2 aromatic rings. The van der Waals surface area contributed by atoms with Crippen molar-refractivity contribution < 1.29 is 9.18 Å². The van der Waals surface area contributed by atoms with E-state index in [0.717, 1.165) is 6.42 Å². The summed E-state index contributed by atoms with van der Waals surface area (Å²) in [6, 6.07) is 14.2. The van der Waals surface area contributed by atoms with Crippen LogP contribution in [-0.4, -0.2) is 18.9 Å². The Morgan fingerprint density at radius 2 is 1.71 bits per heavy atom. The molecule has 2 aromatic carbocycles. The van der Waals surface area contributed by atoms with Gasteiger partial charge in [-0.3, -0.25) is 4.79 Å². The van der Waals surface area contributed by atoms with E-state index in [9.17, 15) is 9.18 Å². The highest BCUT2D eigenvalue weighted by Crippen LogP contribution is 2.19. The van der Waals surface area contributed by atoms with Crippen LogP contribution in [0.15, 0.2) is 48.5 Å². The lowest BCUT2D eigenvalue weighted by molar-refractivity contribution is 0.0999. The Morgan fingerprint density at radius 3 is 2.29 bits per heavy atom. The Bertz CT molecular complexity index is 607. The van der Waals surface area contributed by atoms with Crippen LogP contribution in [0.5, 0.6) is 0 Å². The minimum atomic E-state index is -0.298. The molecule has 2 rings (SSSR count). The summed E-state index contributed by atoms with van der Waals surface area (Å²) < 4.78 is 13.8. The number of halogens is 1. The van der Waals surface area contributed by atoms with Crippen molar-refractivity contribution in [3.05, 3.63) is 65.5 Å². The molecule has 0 heterocycles. The first-order valence-corrected chi connectivity index (χ1v) is 7.27. The Labute approximate surface area is 125 Å². The summed E-state index contributed by atoms with van der Waals surface area (Å²) in [6.07, 6.45) is 0.949. The van der Waals surface area contributed by atoms with Crippen LogP contribution in [0.1, 0.15) is 29.8 Å². The molecule has 0 saturated carbocycles. The molecule has 0 aliphatic carbocycles. The number of aryl methyl sites for hydroxylation is 1. The average Bonchev–Trinajstić information content (AvgIpc) is 2.53. The Balaban J connectivity index is 2.14. The molecule has 0 aliphatic rings. The molecule has 2 nitrogen and oxygen atoms in total. The third-order valence-electron chi connectivity index (χ3n) is 3.59. The fourth-order valence-corrected chi connectivity index (χ4v) is 2.27. The maximum absolute atomic E-state index is 13.8. The van der Waals surface area contributed by atoms with Gasteiger partial charge in [0.25, 0.3) is 0 Å². The highest BCUT2D eigenvalue weighted by Gasteiger charge is 2.14. The number of carbonyl (C=O) groups is 1. The van der Waals surface area contributed by atoms with Gasteiger partial charge in [0.1, 0.15) is 5.82 Å². The van der Waals surface area contributed by atoms with Crippen molar-refractivity contribution in [2.45, 2.75) is 20.3 Å². The summed E-state index contributed by atoms with van der Waals surface area (Å²) >= 11 is 0. The van der Waals surface area contributed by atoms with Gasteiger partial charge < -0.3 is 4.90 Å². The molecule has 110 valence electrons. The number of benzene rings is 2. The van der Waals surface area contributed by atoms with Crippen LogP contribution in [0.25, 0.3) is 0 Å². The van der Waals surface area contributed by atoms with Crippen molar-refractivity contribution >= 4 is 11.5 Å². The van der Waals surface area contributed by atoms with Gasteiger partial charge in [-0.25, -0.2) is 4.39 Å². The highest BCUT2D eigenvalue weighted by molar-refractivity contribution is 5.99. The van der Waals surface area contributed by atoms with Gasteiger partial charge in [0.2, 0.25) is 0 Å². The molecule has 0 aromatic heterocycles. The molecule has 0 bridgehead atoms. The molecule has 0 N–H and O–H groups in total. The summed E-state index contributed by atoms with van der Waals surface area (Å²) in [6.45, 7) is 4.76. The van der Waals surface area contributed by atoms with Crippen LogP contribution in [0.4, 0.5) is 10.1 Å². The van der Waals surface area contributed by atoms with Gasteiger partial charge in [-0.1, -0.05) is 43.3 Å². The Morgan fingerprint density at radius 1 is 1.05 bits per heavy atom. The van der Waals surface area contributed by atoms with E-state index in [1.54, 1.807) is 23.1 Å². The number of hydrogen-bond donors (Lipinski definition) is 0. The lowest BCUT2D eigenvalue weighted by Crippen LogP contribution is -2.30. The van der Waals surface area contributed by atoms with Crippen molar-refractivity contribution in [2.24, 2.45) is 0 Å². The molecular formula is C18H20FNO. The van der Waals surface area contributed by atoms with Crippen molar-refractivity contribution in [3.63, 3.8) is 0 Å². The van der Waals surface area contributed by atoms with E-state index < -0.39 is 0 Å². The maximum atomic E-state index is 13.8. The van der Waals surface area contributed by atoms with E-state index in [4.69, 9.17) is 0 Å². The number of carbonyl (C=O) groups excluding carboxylic acids is 1. The van der Waals surface area contributed by atoms with Gasteiger partial charge >= 0.3 is 0 Å². The highest BCUT2D eigenvalue weighted by atomic mass is 19.1. The first kappa shape index (κ1) is 15.2. The van der Waals surface area contributed by atoms with Crippen molar-refractivity contribution in [1.29, 1.82) is 0 Å². The summed E-state index contributed by atoms with van der Waals surface area (Å²) in [7, 11) is 0. The topological polar surface area (TPSA) is 20.3 Å². The molecule has 0 saturated heterocycles. The number of rotatable bonds is 6. The summed E-state index contributed by atoms with van der Waals surface area (Å²) in [5.41, 5.74) is 2.34. The second kappa shape index (κ2) is 7.02. The zero-order chi connectivity index (χ0) is 15.2. The monoisotopic (exact) mass is 285 g/mol. The number of anilines is 1. The predicted molar refractivity (Wildman–Crippen MR) is 84.4 cm³/mol. The van der Waals surface area contributed by atoms with E-state index in [0.29, 0.717) is 17.8 Å². The number of likely N-dealkylation sites (N-methyl/N-ethyl adjacent to an activating group) is 1. The fraction of sp³-hybridized carbons (Fsp3) is 0.278. The molecule has 0 aliphatic heterocycles. The van der Waals surface area contributed by atoms with Crippen molar-refractivity contribution in [2.75, 3.05) is 18.0 Å². The van der Waals surface area contributed by atoms with Crippen molar-refractivity contribution in [3.8, 4) is 0 Å². The molecule has 0 amide bonds. The van der Waals surface area contributed by atoms with Crippen LogP contribution in [0.3, 0.4) is 0 Å². The molecule has 0 atom stereocenters. The van der Waals surface area contributed by atoms with Gasteiger partial charge in [-0.05, 0) is 31.0 Å². The van der Waals surface area contributed by atoms with Crippen LogP contribution in [-0.2, 0) is 6.42 Å². The maximum Gasteiger partial charge on any atom is 0.182 e. The molecule has 0 radical (unpaired) electrons. The minimum Gasteiger partial charge on any atom is -0.362 e. The quantitative estimate of drug-likeness (QED) is 0.745. The van der Waals surface area contributed by atoms with Crippen LogP contribution < -0.4 is 4.90 Å². The molecule has 3 heteroatoms. The van der Waals surface area contributed by atoms with Gasteiger partial charge in [0.05, 0.1) is 12.2 Å². The molecular weight excluding hydrogens is 265 g/mol. The van der Waals surface area contributed by atoms with Gasteiger partial charge in [0.15, 0.2) is 5.78 Å². The number of nitrogens with zero attached hydrogens (tertiary/aromatic N) is 1. The summed E-state index contributed by atoms with van der Waals surface area (Å²) in [5.74, 6) is -0.295. The van der Waals surface area contributed by atoms with Gasteiger partial charge in [0, 0.05) is 12.1 Å². The van der Waals surface area contributed by atoms with Gasteiger partial charge in [-0.2, -0.15) is 0 Å². The van der Waals surface area contributed by atoms with E-state index in [1.807, 2.05) is 31.2 Å². The van der Waals surface area contributed by atoms with E-state index >= 15 is 0 Å². The zero-order valence-electron chi connectivity index (χ0n) is 12.5. The SMILES string of the molecule is CCc1ccc(C(=O)CN(CC)c2ccccc2F)cc1. The Hall–Kier alpha value is -2.16. The lowest BCUT2D eigenvalue weighted by Gasteiger charge is -2.22. The zero-order valence-corrected chi connectivity index (χ0v) is 12.5. The normalized spacial score (nSPS) is 10.4. The third kappa shape index (κ3) is 3.69. The van der Waals surface area contributed by atoms with Crippen LogP contribution >= 0.6 is 0 Å². The van der Waals surface area contributed by atoms with Crippen LogP contribution in [0.2, 0.25) is 0 Å². The summed E-state index contributed by atoms with van der Waals surface area (Å²) in [5, 5.41) is 0. The second-order valence-corrected chi connectivity index (χ2v) is 4.94. The number of para-hydroxylation sites is 1. The first-order valence-electron chi connectivity index (χ1n) is 7.27. The third-order valence-corrected chi connectivity index (χ3v) is 3.59. The van der Waals surface area contributed by atoms with E-state index in [1.165, 1.54) is 11.6 Å². The fourth-order valence-electron chi connectivity index (χ4n) is 2.27. The average molecular weight is 285 g/mol. The largest absolute Gasteiger partial charge is 0.362 e. The Kier molecular flexibility index (Phi) is 5.09. The second-order valence-electron chi connectivity index (χ2n) is 4.94. The first-order chi connectivity index (χ1) is 10.2. The van der Waals surface area contributed by atoms with Crippen molar-refractivity contribution in [1.82, 2.24) is 0 Å².